The van der Waals surface area contributed by atoms with E-state index < -0.39 is 6.10 Å². The maximum atomic E-state index is 12.8. The summed E-state index contributed by atoms with van der Waals surface area (Å²) in [6.45, 7) is 6.40. The summed E-state index contributed by atoms with van der Waals surface area (Å²) in [5.41, 5.74) is 0. The van der Waals surface area contributed by atoms with Crippen LogP contribution in [0.5, 0.6) is 0 Å². The van der Waals surface area contributed by atoms with Crippen molar-refractivity contribution < 1.29 is 28.6 Å². The number of allylic oxidation sites excluding steroid dienone is 22. The molecule has 1 atom stereocenters. The molecule has 6 nitrogen and oxygen atoms in total. The standard InChI is InChI=1S/C69H112O6/c1-4-7-10-13-15-17-19-21-23-25-27-29-30-31-32-33-34-35-36-37-38-40-41-43-45-47-49-51-53-56-59-62-68(71)74-65-66(64-73-67(70)61-58-55-12-9-6-3)75-69(72)63-60-57-54-52-50-48-46-44-42-39-28-26-24-22-20-18-16-14-11-8-5-2/h7,10,15,17,20-23,26-29,31-32,34-35,37-38,41-44,66H,4-6,8-9,11-14,16,18-19,24-25,30,33,36,39-40,45-65H2,1-3H3/b10-7-,17-15-,22-20-,23-21-,28-26-,29-27-,32-31-,35-34-,38-37-,43-41-,44-42-. The molecule has 0 N–H and O–H groups in total. The molecule has 0 aromatic carbocycles. The van der Waals surface area contributed by atoms with Gasteiger partial charge in [0.25, 0.3) is 0 Å². The van der Waals surface area contributed by atoms with Gasteiger partial charge in [-0.3, -0.25) is 14.4 Å². The molecule has 424 valence electrons. The Morgan fingerprint density at radius 3 is 0.813 bits per heavy atom. The molecular formula is C69H112O6. The molecule has 0 fully saturated rings. The zero-order valence-corrected chi connectivity index (χ0v) is 48.5. The van der Waals surface area contributed by atoms with Crippen LogP contribution >= 0.6 is 0 Å². The summed E-state index contributed by atoms with van der Waals surface area (Å²) in [7, 11) is 0. The van der Waals surface area contributed by atoms with Crippen LogP contribution in [0.1, 0.15) is 265 Å². The van der Waals surface area contributed by atoms with E-state index >= 15 is 0 Å². The largest absolute Gasteiger partial charge is 0.462 e. The highest BCUT2D eigenvalue weighted by atomic mass is 16.6. The average Bonchev–Trinajstić information content (AvgIpc) is 3.41. The van der Waals surface area contributed by atoms with Crippen LogP contribution in [0.4, 0.5) is 0 Å². The van der Waals surface area contributed by atoms with Crippen molar-refractivity contribution in [2.45, 2.75) is 271 Å². The second kappa shape index (κ2) is 62.1. The van der Waals surface area contributed by atoms with Crippen LogP contribution in [0.15, 0.2) is 134 Å². The molecule has 0 aromatic heterocycles. The first-order chi connectivity index (χ1) is 37.0. The van der Waals surface area contributed by atoms with Gasteiger partial charge < -0.3 is 14.2 Å². The number of rotatable bonds is 54. The minimum Gasteiger partial charge on any atom is -0.462 e. The predicted molar refractivity (Wildman–Crippen MR) is 325 cm³/mol. The topological polar surface area (TPSA) is 78.9 Å². The number of ether oxygens (including phenoxy) is 3. The summed E-state index contributed by atoms with van der Waals surface area (Å²) in [5, 5.41) is 0. The molecule has 0 spiro atoms. The first-order valence-electron chi connectivity index (χ1n) is 30.7. The van der Waals surface area contributed by atoms with Crippen LogP contribution in [0, 0.1) is 0 Å². The summed E-state index contributed by atoms with van der Waals surface area (Å²) in [5.74, 6) is -0.936. The molecule has 0 saturated heterocycles. The van der Waals surface area contributed by atoms with Crippen LogP contribution in [0.2, 0.25) is 0 Å². The number of carbonyl (C=O) groups excluding carboxylic acids is 3. The fraction of sp³-hybridized carbons (Fsp3) is 0.638. The molecule has 0 amide bonds. The smallest absolute Gasteiger partial charge is 0.306 e. The lowest BCUT2D eigenvalue weighted by Gasteiger charge is -2.18. The Kier molecular flexibility index (Phi) is 58.4. The van der Waals surface area contributed by atoms with Crippen molar-refractivity contribution in [3.63, 3.8) is 0 Å². The fourth-order valence-electron chi connectivity index (χ4n) is 8.05. The molecule has 75 heavy (non-hydrogen) atoms. The van der Waals surface area contributed by atoms with Gasteiger partial charge in [-0.25, -0.2) is 0 Å². The quantitative estimate of drug-likeness (QED) is 0.0261. The normalized spacial score (nSPS) is 13.1. The Balaban J connectivity index is 4.16. The van der Waals surface area contributed by atoms with Crippen LogP contribution in [0.25, 0.3) is 0 Å². The molecule has 0 bridgehead atoms. The Labute approximate surface area is 462 Å². The van der Waals surface area contributed by atoms with E-state index in [0.717, 1.165) is 161 Å². The average molecular weight is 1040 g/mol. The van der Waals surface area contributed by atoms with E-state index in [1.54, 1.807) is 0 Å². The molecule has 0 saturated carbocycles. The van der Waals surface area contributed by atoms with Gasteiger partial charge in [0.1, 0.15) is 13.2 Å². The molecule has 0 aliphatic heterocycles. The number of hydrogen-bond donors (Lipinski definition) is 0. The number of unbranched alkanes of at least 4 members (excludes halogenated alkanes) is 21. The van der Waals surface area contributed by atoms with E-state index in [-0.39, 0.29) is 31.1 Å². The van der Waals surface area contributed by atoms with Crippen LogP contribution < -0.4 is 0 Å². The van der Waals surface area contributed by atoms with E-state index in [1.807, 2.05) is 0 Å². The van der Waals surface area contributed by atoms with Gasteiger partial charge in [-0.2, -0.15) is 0 Å². The Morgan fingerprint density at radius 2 is 0.520 bits per heavy atom. The first kappa shape index (κ1) is 70.5. The van der Waals surface area contributed by atoms with Gasteiger partial charge in [-0.1, -0.05) is 257 Å². The molecule has 6 heteroatoms. The minimum absolute atomic E-state index is 0.0921. The van der Waals surface area contributed by atoms with E-state index in [0.29, 0.717) is 19.3 Å². The van der Waals surface area contributed by atoms with Crippen molar-refractivity contribution in [3.8, 4) is 0 Å². The highest BCUT2D eigenvalue weighted by molar-refractivity contribution is 5.71. The van der Waals surface area contributed by atoms with E-state index in [2.05, 4.69) is 154 Å². The summed E-state index contributed by atoms with van der Waals surface area (Å²) in [6, 6.07) is 0. The van der Waals surface area contributed by atoms with E-state index in [1.165, 1.54) is 64.2 Å². The van der Waals surface area contributed by atoms with Gasteiger partial charge >= 0.3 is 17.9 Å². The zero-order valence-electron chi connectivity index (χ0n) is 48.5. The molecule has 1 unspecified atom stereocenters. The maximum Gasteiger partial charge on any atom is 0.306 e. The van der Waals surface area contributed by atoms with Crippen molar-refractivity contribution in [2.24, 2.45) is 0 Å². The van der Waals surface area contributed by atoms with Gasteiger partial charge in [0.2, 0.25) is 0 Å². The van der Waals surface area contributed by atoms with Crippen molar-refractivity contribution >= 4 is 17.9 Å². The van der Waals surface area contributed by atoms with E-state index in [9.17, 15) is 14.4 Å². The monoisotopic (exact) mass is 1040 g/mol. The van der Waals surface area contributed by atoms with E-state index in [4.69, 9.17) is 14.2 Å². The van der Waals surface area contributed by atoms with Gasteiger partial charge in [0.05, 0.1) is 0 Å². The summed E-state index contributed by atoms with van der Waals surface area (Å²) >= 11 is 0. The van der Waals surface area contributed by atoms with Crippen LogP contribution in [0.3, 0.4) is 0 Å². The summed E-state index contributed by atoms with van der Waals surface area (Å²) in [6.07, 6.45) is 87.8. The van der Waals surface area contributed by atoms with Crippen molar-refractivity contribution in [1.29, 1.82) is 0 Å². The third-order valence-electron chi connectivity index (χ3n) is 12.6. The highest BCUT2D eigenvalue weighted by Crippen LogP contribution is 2.14. The van der Waals surface area contributed by atoms with Crippen molar-refractivity contribution in [3.05, 3.63) is 134 Å². The van der Waals surface area contributed by atoms with Crippen molar-refractivity contribution in [2.75, 3.05) is 13.2 Å². The Morgan fingerprint density at radius 1 is 0.280 bits per heavy atom. The van der Waals surface area contributed by atoms with Gasteiger partial charge in [0, 0.05) is 19.3 Å². The van der Waals surface area contributed by atoms with Crippen LogP contribution in [-0.4, -0.2) is 37.2 Å². The summed E-state index contributed by atoms with van der Waals surface area (Å²) < 4.78 is 16.7. The second-order valence-corrected chi connectivity index (χ2v) is 19.9. The molecule has 0 radical (unpaired) electrons. The third kappa shape index (κ3) is 60.3. The minimum atomic E-state index is -0.792. The van der Waals surface area contributed by atoms with Crippen LogP contribution in [-0.2, 0) is 28.6 Å². The molecule has 0 aromatic rings. The lowest BCUT2D eigenvalue weighted by atomic mass is 10.1. The molecule has 0 heterocycles. The lowest BCUT2D eigenvalue weighted by Crippen LogP contribution is -2.30. The summed E-state index contributed by atoms with van der Waals surface area (Å²) in [4.78, 5) is 37.9. The lowest BCUT2D eigenvalue weighted by molar-refractivity contribution is -0.167. The Hall–Kier alpha value is -4.45. The third-order valence-corrected chi connectivity index (χ3v) is 12.6. The predicted octanol–water partition coefficient (Wildman–Crippen LogP) is 21.0. The molecular weight excluding hydrogens is 925 g/mol. The highest BCUT2D eigenvalue weighted by Gasteiger charge is 2.19. The molecule has 0 aliphatic carbocycles. The first-order valence-corrected chi connectivity index (χ1v) is 30.7. The number of hydrogen-bond acceptors (Lipinski definition) is 6. The zero-order chi connectivity index (χ0) is 54.3. The van der Waals surface area contributed by atoms with Gasteiger partial charge in [-0.05, 0) is 122 Å². The Bertz CT molecular complexity index is 1620. The van der Waals surface area contributed by atoms with Gasteiger partial charge in [0.15, 0.2) is 6.10 Å². The fourth-order valence-corrected chi connectivity index (χ4v) is 8.05. The SMILES string of the molecule is CC/C=C\C/C=C\C/C=C\C/C=C\C/C=C\C/C=C\C/C=C\C/C=C\CCCCCCCCC(=O)OCC(COC(=O)CCCCCCC)OC(=O)CCCCCCCC/C=C\C/C=C\C/C=C\CCCCCCC. The number of carbonyl (C=O) groups is 3. The van der Waals surface area contributed by atoms with Gasteiger partial charge in [-0.15, -0.1) is 0 Å². The maximum absolute atomic E-state index is 12.8. The van der Waals surface area contributed by atoms with Crippen molar-refractivity contribution in [1.82, 2.24) is 0 Å². The number of esters is 3. The molecule has 0 rings (SSSR count). The molecule has 0 aliphatic rings. The second-order valence-electron chi connectivity index (χ2n) is 19.9.